The normalized spacial score (nSPS) is 11.2. The molecule has 7 heteroatoms. The topological polar surface area (TPSA) is 110 Å². The minimum Gasteiger partial charge on any atom is -0.550 e. The Balaban J connectivity index is 0. The molecule has 0 aliphatic rings. The summed E-state index contributed by atoms with van der Waals surface area (Å²) >= 11 is 0. The molecule has 18 heavy (non-hydrogen) atoms. The van der Waals surface area contributed by atoms with Gasteiger partial charge in [-0.1, -0.05) is 19.8 Å². The Morgan fingerprint density at radius 1 is 1.22 bits per heavy atom. The van der Waals surface area contributed by atoms with Gasteiger partial charge >= 0.3 is 41.5 Å². The first kappa shape index (κ1) is 19.9. The van der Waals surface area contributed by atoms with Crippen molar-refractivity contribution in [3.8, 4) is 0 Å². The first-order valence-electron chi connectivity index (χ1n) is 5.67. The molecule has 0 aromatic heterocycles. The molecule has 98 valence electrons. The Hall–Kier alpha value is -0.430. The van der Waals surface area contributed by atoms with Gasteiger partial charge in [0, 0.05) is 12.4 Å². The Morgan fingerprint density at radius 3 is 2.33 bits per heavy atom. The summed E-state index contributed by atoms with van der Waals surface area (Å²) in [6.45, 7) is 1.99. The number of nitrogens with two attached hydrogens (primary N) is 1. The van der Waals surface area contributed by atoms with Gasteiger partial charge in [-0.2, -0.15) is 0 Å². The van der Waals surface area contributed by atoms with Crippen LogP contribution in [0.3, 0.4) is 0 Å². The molecule has 0 spiro atoms. The Bertz CT molecular complexity index is 283. The van der Waals surface area contributed by atoms with Gasteiger partial charge in [0.15, 0.2) is 0 Å². The van der Waals surface area contributed by atoms with Crippen LogP contribution in [0.25, 0.3) is 0 Å². The van der Waals surface area contributed by atoms with E-state index in [2.05, 4.69) is 4.74 Å². The first-order valence-corrected chi connectivity index (χ1v) is 5.67. The molecular weight excluding hydrogens is 249 g/mol. The number of aliphatic carboxylic acids is 1. The molecule has 0 saturated heterocycles. The fourth-order valence-electron chi connectivity index (χ4n) is 1.15. The van der Waals surface area contributed by atoms with E-state index in [-0.39, 0.29) is 48.8 Å². The number of hydrogen-bond acceptors (Lipinski definition) is 6. The number of carboxylic acid groups (broad SMARTS) is 1. The summed E-state index contributed by atoms with van der Waals surface area (Å²) in [6.07, 6.45) is 2.26. The molecule has 6 nitrogen and oxygen atoms in total. The summed E-state index contributed by atoms with van der Waals surface area (Å²) < 4.78 is 4.47. The Morgan fingerprint density at radius 2 is 1.83 bits per heavy atom. The van der Waals surface area contributed by atoms with Crippen molar-refractivity contribution < 1.29 is 53.8 Å². The summed E-state index contributed by atoms with van der Waals surface area (Å²) in [5.74, 6) is -2.79. The molecule has 0 aliphatic carbocycles. The average Bonchev–Trinajstić information content (AvgIpc) is 2.26. The monoisotopic (exact) mass is 267 g/mol. The SMILES string of the molecule is CCCCCC(=O)OC(=O)[C@@H](N)CCC(=O)[O-].[Na+]. The van der Waals surface area contributed by atoms with E-state index >= 15 is 0 Å². The molecule has 0 aromatic carbocycles. The molecule has 2 N–H and O–H groups in total. The number of carboxylic acids is 1. The van der Waals surface area contributed by atoms with Gasteiger partial charge in [-0.3, -0.25) is 4.79 Å². The third-order valence-electron chi connectivity index (χ3n) is 2.16. The largest absolute Gasteiger partial charge is 1.00 e. The van der Waals surface area contributed by atoms with E-state index < -0.39 is 23.9 Å². The second kappa shape index (κ2) is 11.6. The van der Waals surface area contributed by atoms with Crippen molar-refractivity contribution in [2.45, 2.75) is 51.5 Å². The van der Waals surface area contributed by atoms with E-state index in [9.17, 15) is 19.5 Å². The van der Waals surface area contributed by atoms with Crippen LogP contribution in [0.4, 0.5) is 0 Å². The van der Waals surface area contributed by atoms with Crippen LogP contribution in [0.1, 0.15) is 45.4 Å². The van der Waals surface area contributed by atoms with E-state index in [1.807, 2.05) is 6.92 Å². The van der Waals surface area contributed by atoms with Gasteiger partial charge < -0.3 is 20.4 Å². The molecule has 0 fully saturated rings. The van der Waals surface area contributed by atoms with Gasteiger partial charge in [-0.15, -0.1) is 0 Å². The molecule has 0 aliphatic heterocycles. The van der Waals surface area contributed by atoms with Gasteiger partial charge in [0.05, 0.1) is 0 Å². The quantitative estimate of drug-likeness (QED) is 0.211. The molecule has 0 bridgehead atoms. The van der Waals surface area contributed by atoms with Crippen molar-refractivity contribution in [2.75, 3.05) is 0 Å². The molecule has 0 unspecified atom stereocenters. The molecule has 0 saturated carbocycles. The van der Waals surface area contributed by atoms with Gasteiger partial charge in [-0.05, 0) is 19.3 Å². The van der Waals surface area contributed by atoms with E-state index in [1.165, 1.54) is 0 Å². The number of rotatable bonds is 8. The van der Waals surface area contributed by atoms with Crippen LogP contribution in [0.5, 0.6) is 0 Å². The van der Waals surface area contributed by atoms with Crippen LogP contribution >= 0.6 is 0 Å². The molecule has 0 amide bonds. The van der Waals surface area contributed by atoms with E-state index in [4.69, 9.17) is 5.73 Å². The zero-order valence-electron chi connectivity index (χ0n) is 10.9. The smallest absolute Gasteiger partial charge is 0.550 e. The van der Waals surface area contributed by atoms with Crippen LogP contribution < -0.4 is 40.4 Å². The van der Waals surface area contributed by atoms with Crippen LogP contribution in [-0.2, 0) is 19.1 Å². The third-order valence-corrected chi connectivity index (χ3v) is 2.16. The fourth-order valence-corrected chi connectivity index (χ4v) is 1.15. The summed E-state index contributed by atoms with van der Waals surface area (Å²) in [5.41, 5.74) is 5.35. The first-order chi connectivity index (χ1) is 7.97. The third kappa shape index (κ3) is 10.7. The number of carbonyl (C=O) groups excluding carboxylic acids is 3. The number of ether oxygens (including phenoxy) is 1. The van der Waals surface area contributed by atoms with Gasteiger partial charge in [0.1, 0.15) is 6.04 Å². The maximum atomic E-state index is 11.2. The maximum Gasteiger partial charge on any atom is 1.00 e. The molecule has 0 rings (SSSR count). The summed E-state index contributed by atoms with van der Waals surface area (Å²) in [6, 6.07) is -1.09. The molecular formula is C11H18NNaO5. The molecule has 0 aromatic rings. The minimum atomic E-state index is -1.29. The summed E-state index contributed by atoms with van der Waals surface area (Å²) in [4.78, 5) is 32.5. The van der Waals surface area contributed by atoms with Crippen LogP contribution in [0.2, 0.25) is 0 Å². The number of hydrogen-bond donors (Lipinski definition) is 1. The van der Waals surface area contributed by atoms with Crippen LogP contribution in [0.15, 0.2) is 0 Å². The van der Waals surface area contributed by atoms with E-state index in [0.29, 0.717) is 6.42 Å². The zero-order chi connectivity index (χ0) is 13.3. The van der Waals surface area contributed by atoms with E-state index in [0.717, 1.165) is 12.8 Å². The van der Waals surface area contributed by atoms with Crippen LogP contribution in [0, 0.1) is 0 Å². The van der Waals surface area contributed by atoms with Crippen molar-refractivity contribution in [1.29, 1.82) is 0 Å². The average molecular weight is 267 g/mol. The second-order valence-electron chi connectivity index (χ2n) is 3.77. The predicted molar refractivity (Wildman–Crippen MR) is 57.5 cm³/mol. The Kier molecular flexibility index (Phi) is 12.9. The van der Waals surface area contributed by atoms with Crippen molar-refractivity contribution in [3.05, 3.63) is 0 Å². The van der Waals surface area contributed by atoms with Crippen LogP contribution in [-0.4, -0.2) is 23.9 Å². The van der Waals surface area contributed by atoms with Crippen molar-refractivity contribution >= 4 is 17.9 Å². The van der Waals surface area contributed by atoms with E-state index in [1.54, 1.807) is 0 Å². The van der Waals surface area contributed by atoms with Crippen molar-refractivity contribution in [2.24, 2.45) is 5.73 Å². The van der Waals surface area contributed by atoms with Gasteiger partial charge in [-0.25, -0.2) is 4.79 Å². The predicted octanol–water partition coefficient (Wildman–Crippen LogP) is -3.50. The second-order valence-corrected chi connectivity index (χ2v) is 3.77. The summed E-state index contributed by atoms with van der Waals surface area (Å²) in [5, 5.41) is 10.1. The number of esters is 2. The standard InChI is InChI=1S/C11H19NO5.Na/c1-2-3-4-5-10(15)17-11(16)8(12)6-7-9(13)14;/h8H,2-7,12H2,1H3,(H,13,14);/q;+1/p-1/t8-;/m0./s1. The number of carbonyl (C=O) groups is 3. The zero-order valence-corrected chi connectivity index (χ0v) is 12.9. The van der Waals surface area contributed by atoms with Gasteiger partial charge in [0.25, 0.3) is 0 Å². The molecule has 1 atom stereocenters. The summed E-state index contributed by atoms with van der Waals surface area (Å²) in [7, 11) is 0. The molecule has 0 radical (unpaired) electrons. The van der Waals surface area contributed by atoms with Crippen molar-refractivity contribution in [3.63, 3.8) is 0 Å². The van der Waals surface area contributed by atoms with Crippen molar-refractivity contribution in [1.82, 2.24) is 0 Å². The molecule has 0 heterocycles. The Labute approximate surface area is 129 Å². The maximum absolute atomic E-state index is 11.2. The fraction of sp³-hybridized carbons (Fsp3) is 0.727. The van der Waals surface area contributed by atoms with Gasteiger partial charge in [0.2, 0.25) is 0 Å². The number of unbranched alkanes of at least 4 members (excludes halogenated alkanes) is 2. The minimum absolute atomic E-state index is 0.